The quantitative estimate of drug-likeness (QED) is 0.470. The fraction of sp³-hybridized carbons (Fsp3) is 0.143. The average Bonchev–Trinajstić information content (AvgIpc) is 3.30. The van der Waals surface area contributed by atoms with Gasteiger partial charge in [-0.05, 0) is 43.3 Å². The normalized spacial score (nSPS) is 14.1. The number of hydrogen-bond donors (Lipinski definition) is 0. The van der Waals surface area contributed by atoms with Crippen molar-refractivity contribution in [2.75, 3.05) is 0 Å². The number of rotatable bonds is 5. The number of esters is 1. The van der Waals surface area contributed by atoms with Gasteiger partial charge >= 0.3 is 5.97 Å². The molecular weight excluding hydrogens is 396 g/mol. The molecule has 0 radical (unpaired) electrons. The fourth-order valence-electron chi connectivity index (χ4n) is 3.04. The summed E-state index contributed by atoms with van der Waals surface area (Å²) in [6.07, 6.45) is 1.51. The Morgan fingerprint density at radius 1 is 1.10 bits per heavy atom. The second-order valence-electron chi connectivity index (χ2n) is 6.43. The lowest BCUT2D eigenvalue weighted by Gasteiger charge is -2.20. The van der Waals surface area contributed by atoms with Crippen molar-refractivity contribution in [1.82, 2.24) is 9.88 Å². The highest BCUT2D eigenvalue weighted by Crippen LogP contribution is 2.25. The van der Waals surface area contributed by atoms with Crippen LogP contribution in [-0.4, -0.2) is 33.7 Å². The predicted molar refractivity (Wildman–Crippen MR) is 103 cm³/mol. The van der Waals surface area contributed by atoms with Gasteiger partial charge in [0.15, 0.2) is 12.4 Å². The number of ether oxygens (including phenoxy) is 1. The van der Waals surface area contributed by atoms with Gasteiger partial charge in [0.2, 0.25) is 5.89 Å². The van der Waals surface area contributed by atoms with Gasteiger partial charge in [-0.2, -0.15) is 0 Å². The Hall–Kier alpha value is -3.45. The minimum atomic E-state index is -1.08. The highest BCUT2D eigenvalue weighted by molar-refractivity contribution is 6.30. The van der Waals surface area contributed by atoms with Gasteiger partial charge in [-0.25, -0.2) is 9.78 Å². The number of nitrogens with zero attached hydrogens (tertiary/aromatic N) is 2. The van der Waals surface area contributed by atoms with E-state index in [4.69, 9.17) is 20.8 Å². The number of fused-ring (bicyclic) bond motifs is 1. The van der Waals surface area contributed by atoms with E-state index >= 15 is 0 Å². The van der Waals surface area contributed by atoms with Crippen molar-refractivity contribution in [2.45, 2.75) is 19.6 Å². The molecule has 0 unspecified atom stereocenters. The molecule has 0 spiro atoms. The number of hydrogen-bond acceptors (Lipinski definition) is 6. The summed E-state index contributed by atoms with van der Waals surface area (Å²) >= 11 is 5.87. The van der Waals surface area contributed by atoms with E-state index in [1.807, 2.05) is 0 Å². The second kappa shape index (κ2) is 7.52. The van der Waals surface area contributed by atoms with Gasteiger partial charge in [-0.15, -0.1) is 0 Å². The molecule has 0 saturated heterocycles. The summed E-state index contributed by atoms with van der Waals surface area (Å²) in [5.74, 6) is -1.07. The average molecular weight is 411 g/mol. The molecule has 4 rings (SSSR count). The summed E-state index contributed by atoms with van der Waals surface area (Å²) in [4.78, 5) is 42.3. The monoisotopic (exact) mass is 410 g/mol. The number of halogens is 1. The molecule has 2 aromatic carbocycles. The largest absolute Gasteiger partial charge is 0.454 e. The highest BCUT2D eigenvalue weighted by atomic mass is 35.5. The first-order chi connectivity index (χ1) is 14.0. The molecule has 0 saturated carbocycles. The van der Waals surface area contributed by atoms with Crippen LogP contribution < -0.4 is 0 Å². The van der Waals surface area contributed by atoms with Gasteiger partial charge in [0.25, 0.3) is 11.8 Å². The number of oxazole rings is 1. The molecule has 1 aliphatic heterocycles. The molecule has 0 N–H and O–H groups in total. The Morgan fingerprint density at radius 2 is 1.72 bits per heavy atom. The fourth-order valence-corrected chi connectivity index (χ4v) is 3.17. The minimum Gasteiger partial charge on any atom is -0.454 e. The minimum absolute atomic E-state index is 0.192. The summed E-state index contributed by atoms with van der Waals surface area (Å²) in [6, 6.07) is 12.4. The zero-order valence-electron chi connectivity index (χ0n) is 15.3. The van der Waals surface area contributed by atoms with E-state index in [-0.39, 0.29) is 23.6 Å². The zero-order valence-corrected chi connectivity index (χ0v) is 16.1. The Morgan fingerprint density at radius 3 is 2.34 bits per heavy atom. The molecule has 7 nitrogen and oxygen atoms in total. The molecule has 8 heteroatoms. The van der Waals surface area contributed by atoms with E-state index in [0.29, 0.717) is 10.8 Å². The maximum Gasteiger partial charge on any atom is 0.329 e. The molecule has 0 aliphatic carbocycles. The molecule has 0 fully saturated rings. The van der Waals surface area contributed by atoms with Gasteiger partial charge in [0.1, 0.15) is 6.04 Å². The Labute approximate surface area is 170 Å². The van der Waals surface area contributed by atoms with Crippen LogP contribution in [0.25, 0.3) is 11.3 Å². The third-order valence-corrected chi connectivity index (χ3v) is 4.83. The first kappa shape index (κ1) is 18.9. The van der Waals surface area contributed by atoms with Crippen LogP contribution in [-0.2, 0) is 16.1 Å². The summed E-state index contributed by atoms with van der Waals surface area (Å²) in [5.41, 5.74) is 1.33. The van der Waals surface area contributed by atoms with Crippen molar-refractivity contribution in [3.8, 4) is 11.3 Å². The van der Waals surface area contributed by atoms with Crippen LogP contribution in [0.5, 0.6) is 0 Å². The van der Waals surface area contributed by atoms with Gasteiger partial charge < -0.3 is 9.15 Å². The van der Waals surface area contributed by atoms with Crippen LogP contribution in [0.15, 0.2) is 59.1 Å². The number of imide groups is 1. The summed E-state index contributed by atoms with van der Waals surface area (Å²) < 4.78 is 10.8. The molecule has 29 heavy (non-hydrogen) atoms. The van der Waals surface area contributed by atoms with E-state index in [1.54, 1.807) is 48.5 Å². The van der Waals surface area contributed by atoms with Gasteiger partial charge in [0, 0.05) is 10.6 Å². The van der Waals surface area contributed by atoms with E-state index in [0.717, 1.165) is 10.5 Å². The molecule has 2 amide bonds. The number of carbonyl (C=O) groups excluding carboxylic acids is 3. The van der Waals surface area contributed by atoms with Gasteiger partial charge in [-0.3, -0.25) is 14.5 Å². The third kappa shape index (κ3) is 3.52. The maximum absolute atomic E-state index is 12.5. The predicted octanol–water partition coefficient (Wildman–Crippen LogP) is 3.72. The smallest absolute Gasteiger partial charge is 0.329 e. The van der Waals surface area contributed by atoms with Crippen LogP contribution in [0.3, 0.4) is 0 Å². The van der Waals surface area contributed by atoms with E-state index < -0.39 is 23.8 Å². The highest BCUT2D eigenvalue weighted by Gasteiger charge is 2.41. The first-order valence-corrected chi connectivity index (χ1v) is 9.17. The summed E-state index contributed by atoms with van der Waals surface area (Å²) in [6.45, 7) is 1.22. The molecule has 0 bridgehead atoms. The first-order valence-electron chi connectivity index (χ1n) is 8.80. The van der Waals surface area contributed by atoms with Crippen LogP contribution in [0.1, 0.15) is 33.5 Å². The molecule has 1 aromatic heterocycles. The zero-order chi connectivity index (χ0) is 20.5. The molecule has 146 valence electrons. The summed E-state index contributed by atoms with van der Waals surface area (Å²) in [5, 5.41) is 0.601. The number of aromatic nitrogens is 1. The van der Waals surface area contributed by atoms with E-state index in [2.05, 4.69) is 4.98 Å². The van der Waals surface area contributed by atoms with Crippen LogP contribution >= 0.6 is 11.6 Å². The van der Waals surface area contributed by atoms with Crippen molar-refractivity contribution < 1.29 is 23.5 Å². The van der Waals surface area contributed by atoms with Crippen molar-refractivity contribution in [3.63, 3.8) is 0 Å². The van der Waals surface area contributed by atoms with Crippen LogP contribution in [0, 0.1) is 0 Å². The van der Waals surface area contributed by atoms with Crippen LogP contribution in [0.4, 0.5) is 0 Å². The molecule has 2 heterocycles. The lowest BCUT2D eigenvalue weighted by molar-refractivity contribution is -0.149. The van der Waals surface area contributed by atoms with Crippen molar-refractivity contribution in [1.29, 1.82) is 0 Å². The van der Waals surface area contributed by atoms with Gasteiger partial charge in [-0.1, -0.05) is 23.7 Å². The van der Waals surface area contributed by atoms with E-state index in [1.165, 1.54) is 13.1 Å². The Balaban J connectivity index is 1.41. The molecule has 1 atom stereocenters. The van der Waals surface area contributed by atoms with Crippen molar-refractivity contribution >= 4 is 29.4 Å². The van der Waals surface area contributed by atoms with Gasteiger partial charge in [0.05, 0.1) is 17.3 Å². The maximum atomic E-state index is 12.5. The topological polar surface area (TPSA) is 89.7 Å². The SMILES string of the molecule is C[C@H](C(=O)OCc1ncc(-c2ccc(Cl)cc2)o1)N1C(=O)c2ccccc2C1=O. The third-order valence-electron chi connectivity index (χ3n) is 4.57. The van der Waals surface area contributed by atoms with Crippen molar-refractivity contribution in [2.24, 2.45) is 0 Å². The van der Waals surface area contributed by atoms with Crippen molar-refractivity contribution in [3.05, 3.63) is 76.8 Å². The molecule has 3 aromatic rings. The standard InChI is InChI=1S/C21H15ClN2O5/c1-12(24-19(25)15-4-2-3-5-16(15)20(24)26)21(27)28-11-18-23-10-17(29-18)13-6-8-14(22)9-7-13/h2-10,12H,11H2,1H3/t12-/m1/s1. The number of amides is 2. The second-order valence-corrected chi connectivity index (χ2v) is 6.87. The number of benzene rings is 2. The summed E-state index contributed by atoms with van der Waals surface area (Å²) in [7, 11) is 0. The Kier molecular flexibility index (Phi) is 4.90. The lowest BCUT2D eigenvalue weighted by Crippen LogP contribution is -2.43. The van der Waals surface area contributed by atoms with Crippen LogP contribution in [0.2, 0.25) is 5.02 Å². The molecule has 1 aliphatic rings. The lowest BCUT2D eigenvalue weighted by atomic mass is 10.1. The molecular formula is C21H15ClN2O5. The van der Waals surface area contributed by atoms with E-state index in [9.17, 15) is 14.4 Å². The number of carbonyl (C=O) groups is 3. The Bertz CT molecular complexity index is 1070.